The van der Waals surface area contributed by atoms with E-state index in [4.69, 9.17) is 4.74 Å². The molecule has 124 valence electrons. The number of hydrogen-bond acceptors (Lipinski definition) is 2. The molecule has 1 unspecified atom stereocenters. The van der Waals surface area contributed by atoms with Crippen molar-refractivity contribution in [2.45, 2.75) is 25.2 Å². The molecule has 1 atom stereocenters. The Balaban J connectivity index is 2.31. The number of phenols is 1. The van der Waals surface area contributed by atoms with Gasteiger partial charge in [0.05, 0.1) is 15.2 Å². The summed E-state index contributed by atoms with van der Waals surface area (Å²) in [6.45, 7) is 7.02. The number of ether oxygens (including phenoxy) is 1. The van der Waals surface area contributed by atoms with E-state index in [1.807, 2.05) is 36.4 Å². The lowest BCUT2D eigenvalue weighted by atomic mass is 9.98. The zero-order valence-electron chi connectivity index (χ0n) is 14.7. The molecule has 0 aromatic heterocycles. The molecule has 0 radical (unpaired) electrons. The van der Waals surface area contributed by atoms with Gasteiger partial charge in [0, 0.05) is 21.9 Å². The predicted molar refractivity (Wildman–Crippen MR) is 104 cm³/mol. The first-order valence-electron chi connectivity index (χ1n) is 8.27. The minimum absolute atomic E-state index is 0.206. The van der Waals surface area contributed by atoms with E-state index in [1.54, 1.807) is 7.11 Å². The summed E-state index contributed by atoms with van der Waals surface area (Å²) >= 11 is 0. The van der Waals surface area contributed by atoms with Gasteiger partial charge in [0.25, 0.3) is 0 Å². The van der Waals surface area contributed by atoms with Crippen LogP contribution in [0.4, 0.5) is 0 Å². The Bertz CT molecular complexity index is 851. The summed E-state index contributed by atoms with van der Waals surface area (Å²) in [4.78, 5) is 0. The molecule has 1 N–H and O–H groups in total. The molecule has 3 aromatic rings. The number of phenolic OH excluding ortho intramolecular Hbond substituents is 1. The van der Waals surface area contributed by atoms with E-state index in [0.717, 1.165) is 22.1 Å². The largest absolute Gasteiger partial charge is 0.507 e. The average Bonchev–Trinajstić information content (AvgIpc) is 2.57. The molecule has 3 heteroatoms. The highest BCUT2D eigenvalue weighted by molar-refractivity contribution is 6.78. The van der Waals surface area contributed by atoms with Gasteiger partial charge in [0.1, 0.15) is 11.5 Å². The van der Waals surface area contributed by atoms with Gasteiger partial charge in [0.15, 0.2) is 0 Å². The molecule has 0 amide bonds. The third-order valence-corrected chi connectivity index (χ3v) is 6.91. The van der Waals surface area contributed by atoms with E-state index in [0.29, 0.717) is 5.75 Å². The third kappa shape index (κ3) is 2.92. The van der Waals surface area contributed by atoms with E-state index in [-0.39, 0.29) is 5.54 Å². The summed E-state index contributed by atoms with van der Waals surface area (Å²) in [5.41, 5.74) is 2.43. The molecule has 0 saturated heterocycles. The Kier molecular flexibility index (Phi) is 4.37. The highest BCUT2D eigenvalue weighted by atomic mass is 28.3. The van der Waals surface area contributed by atoms with Crippen molar-refractivity contribution in [3.05, 3.63) is 71.8 Å². The fourth-order valence-electron chi connectivity index (χ4n) is 3.53. The van der Waals surface area contributed by atoms with Crippen molar-refractivity contribution >= 4 is 18.8 Å². The summed E-state index contributed by atoms with van der Waals surface area (Å²) in [6.07, 6.45) is 0. The summed E-state index contributed by atoms with van der Waals surface area (Å²) in [7, 11) is 0.0508. The van der Waals surface area contributed by atoms with Gasteiger partial charge in [-0.3, -0.25) is 0 Å². The maximum atomic E-state index is 11.0. The van der Waals surface area contributed by atoms with Crippen molar-refractivity contribution in [3.8, 4) is 11.5 Å². The Morgan fingerprint density at radius 3 is 2.04 bits per heavy atom. The highest BCUT2D eigenvalue weighted by Gasteiger charge is 2.32. The fraction of sp³-hybridized carbons (Fsp3) is 0.238. The average molecular weight is 337 g/mol. The zero-order valence-corrected chi connectivity index (χ0v) is 15.7. The van der Waals surface area contributed by atoms with Gasteiger partial charge in [-0.1, -0.05) is 74.2 Å². The molecule has 2 nitrogen and oxygen atoms in total. The molecule has 0 spiro atoms. The van der Waals surface area contributed by atoms with Crippen LogP contribution < -0.4 is 4.74 Å². The van der Waals surface area contributed by atoms with Crippen molar-refractivity contribution < 1.29 is 9.84 Å². The molecule has 3 aromatic carbocycles. The summed E-state index contributed by atoms with van der Waals surface area (Å²) in [6, 6.07) is 20.4. The number of benzene rings is 3. The monoisotopic (exact) mass is 336 g/mol. The van der Waals surface area contributed by atoms with Crippen LogP contribution in [0.25, 0.3) is 10.8 Å². The maximum absolute atomic E-state index is 11.0. The van der Waals surface area contributed by atoms with Crippen LogP contribution >= 0.6 is 0 Å². The number of methoxy groups -OCH3 is 1. The smallest absolute Gasteiger partial charge is 0.127 e. The second-order valence-electron chi connectivity index (χ2n) is 7.27. The lowest BCUT2D eigenvalue weighted by molar-refractivity contribution is 0.417. The molecular weight excluding hydrogens is 312 g/mol. The molecule has 0 aliphatic heterocycles. The summed E-state index contributed by atoms with van der Waals surface area (Å²) in [5.74, 6) is 1.19. The van der Waals surface area contributed by atoms with Gasteiger partial charge in [-0.2, -0.15) is 0 Å². The maximum Gasteiger partial charge on any atom is 0.127 e. The van der Waals surface area contributed by atoms with E-state index >= 15 is 0 Å². The van der Waals surface area contributed by atoms with Gasteiger partial charge in [-0.05, 0) is 11.6 Å². The van der Waals surface area contributed by atoms with Crippen LogP contribution in [0.2, 0.25) is 19.6 Å². The van der Waals surface area contributed by atoms with Crippen molar-refractivity contribution in [1.82, 2.24) is 0 Å². The van der Waals surface area contributed by atoms with Crippen LogP contribution in [0.1, 0.15) is 16.7 Å². The number of rotatable bonds is 4. The molecule has 24 heavy (non-hydrogen) atoms. The Morgan fingerprint density at radius 2 is 1.46 bits per heavy atom. The quantitative estimate of drug-likeness (QED) is 0.632. The molecule has 0 bridgehead atoms. The van der Waals surface area contributed by atoms with Gasteiger partial charge in [-0.15, -0.1) is 0 Å². The summed E-state index contributed by atoms with van der Waals surface area (Å²) in [5, 5.41) is 12.8. The normalized spacial score (nSPS) is 13.0. The van der Waals surface area contributed by atoms with Crippen LogP contribution in [0, 0.1) is 0 Å². The SMILES string of the molecule is COc1cc(C(c2ccccc2)[Si](C)(C)C)c(O)c2ccccc12. The van der Waals surface area contributed by atoms with Crippen molar-refractivity contribution in [2.75, 3.05) is 7.11 Å². The number of hydrogen-bond donors (Lipinski definition) is 1. The first kappa shape index (κ1) is 16.6. The van der Waals surface area contributed by atoms with Crippen LogP contribution in [0.5, 0.6) is 11.5 Å². The van der Waals surface area contributed by atoms with E-state index in [9.17, 15) is 5.11 Å². The molecular formula is C21H24O2Si. The number of aromatic hydroxyl groups is 1. The fourth-order valence-corrected chi connectivity index (χ4v) is 5.87. The molecule has 3 rings (SSSR count). The minimum atomic E-state index is -1.64. The molecule has 0 heterocycles. The standard InChI is InChI=1S/C21H24O2Si/c1-23-19-14-18(20(22)17-13-9-8-12-16(17)19)21(24(2,3)4)15-10-6-5-7-11-15/h5-14,21-22H,1-4H3. The van der Waals surface area contributed by atoms with Crippen molar-refractivity contribution in [2.24, 2.45) is 0 Å². The molecule has 0 fully saturated rings. The second kappa shape index (κ2) is 6.33. The Labute approximate surface area is 144 Å². The van der Waals surface area contributed by atoms with Gasteiger partial charge in [-0.25, -0.2) is 0 Å². The minimum Gasteiger partial charge on any atom is -0.507 e. The van der Waals surface area contributed by atoms with Crippen LogP contribution in [-0.4, -0.2) is 20.3 Å². The van der Waals surface area contributed by atoms with E-state index in [1.165, 1.54) is 5.56 Å². The van der Waals surface area contributed by atoms with Crippen molar-refractivity contribution in [3.63, 3.8) is 0 Å². The van der Waals surface area contributed by atoms with Crippen molar-refractivity contribution in [1.29, 1.82) is 0 Å². The van der Waals surface area contributed by atoms with Gasteiger partial charge >= 0.3 is 0 Å². The Morgan fingerprint density at radius 1 is 0.875 bits per heavy atom. The second-order valence-corrected chi connectivity index (χ2v) is 12.6. The highest BCUT2D eigenvalue weighted by Crippen LogP contribution is 2.44. The zero-order chi connectivity index (χ0) is 17.3. The molecule has 0 saturated carbocycles. The molecule has 0 aliphatic rings. The summed E-state index contributed by atoms with van der Waals surface area (Å²) < 4.78 is 5.63. The first-order chi connectivity index (χ1) is 11.4. The van der Waals surface area contributed by atoms with Crippen LogP contribution in [0.3, 0.4) is 0 Å². The van der Waals surface area contributed by atoms with Crippen LogP contribution in [0.15, 0.2) is 60.7 Å². The topological polar surface area (TPSA) is 29.5 Å². The van der Waals surface area contributed by atoms with Gasteiger partial charge < -0.3 is 9.84 Å². The Hall–Kier alpha value is -2.26. The third-order valence-electron chi connectivity index (χ3n) is 4.54. The van der Waals surface area contributed by atoms with Gasteiger partial charge in [0.2, 0.25) is 0 Å². The first-order valence-corrected chi connectivity index (χ1v) is 11.8. The lowest BCUT2D eigenvalue weighted by Crippen LogP contribution is -2.32. The van der Waals surface area contributed by atoms with Crippen LogP contribution in [-0.2, 0) is 0 Å². The molecule has 0 aliphatic carbocycles. The number of fused-ring (bicyclic) bond motifs is 1. The lowest BCUT2D eigenvalue weighted by Gasteiger charge is -2.31. The van der Waals surface area contributed by atoms with E-state index < -0.39 is 8.07 Å². The van der Waals surface area contributed by atoms with E-state index in [2.05, 4.69) is 43.9 Å². The predicted octanol–water partition coefficient (Wildman–Crippen LogP) is 5.56.